The van der Waals surface area contributed by atoms with Crippen LogP contribution >= 0.6 is 0 Å². The van der Waals surface area contributed by atoms with E-state index >= 15 is 0 Å². The van der Waals surface area contributed by atoms with Crippen LogP contribution in [-0.4, -0.2) is 4.98 Å². The SMILES string of the molecule is C=Cc1cc(=O)cc(F)[nH]1. The fourth-order valence-corrected chi connectivity index (χ4v) is 0.640. The number of pyridine rings is 1. The van der Waals surface area contributed by atoms with Gasteiger partial charge in [-0.1, -0.05) is 6.58 Å². The van der Waals surface area contributed by atoms with Gasteiger partial charge in [-0.2, -0.15) is 4.39 Å². The third-order valence-electron chi connectivity index (χ3n) is 1.05. The van der Waals surface area contributed by atoms with Crippen LogP contribution in [0.15, 0.2) is 23.5 Å². The third kappa shape index (κ3) is 1.31. The van der Waals surface area contributed by atoms with E-state index < -0.39 is 5.95 Å². The number of aromatic nitrogens is 1. The summed E-state index contributed by atoms with van der Waals surface area (Å²) in [5.74, 6) is -0.637. The average molecular weight is 139 g/mol. The highest BCUT2D eigenvalue weighted by atomic mass is 19.1. The van der Waals surface area contributed by atoms with Crippen LogP contribution in [0, 0.1) is 5.95 Å². The van der Waals surface area contributed by atoms with Gasteiger partial charge in [0.2, 0.25) is 0 Å². The van der Waals surface area contributed by atoms with Crippen molar-refractivity contribution in [2.24, 2.45) is 0 Å². The van der Waals surface area contributed by atoms with Gasteiger partial charge in [0.05, 0.1) is 0 Å². The van der Waals surface area contributed by atoms with E-state index in [1.165, 1.54) is 12.1 Å². The van der Waals surface area contributed by atoms with E-state index in [2.05, 4.69) is 11.6 Å². The van der Waals surface area contributed by atoms with Gasteiger partial charge in [-0.25, -0.2) is 0 Å². The molecular weight excluding hydrogens is 133 g/mol. The van der Waals surface area contributed by atoms with Gasteiger partial charge in [0.1, 0.15) is 0 Å². The van der Waals surface area contributed by atoms with Crippen molar-refractivity contribution in [3.63, 3.8) is 0 Å². The van der Waals surface area contributed by atoms with Crippen molar-refractivity contribution in [3.05, 3.63) is 40.6 Å². The lowest BCUT2D eigenvalue weighted by Crippen LogP contribution is -2.01. The monoisotopic (exact) mass is 139 g/mol. The van der Waals surface area contributed by atoms with E-state index in [0.29, 0.717) is 5.69 Å². The Balaban J connectivity index is 3.32. The molecule has 1 N–H and O–H groups in total. The predicted molar refractivity (Wildman–Crippen MR) is 37.1 cm³/mol. The second kappa shape index (κ2) is 2.47. The Morgan fingerprint density at radius 1 is 1.60 bits per heavy atom. The Morgan fingerprint density at radius 3 is 2.80 bits per heavy atom. The molecule has 0 aliphatic heterocycles. The number of rotatable bonds is 1. The van der Waals surface area contributed by atoms with E-state index in [4.69, 9.17) is 0 Å². The van der Waals surface area contributed by atoms with Gasteiger partial charge in [-0.05, 0) is 6.08 Å². The van der Waals surface area contributed by atoms with Crippen LogP contribution in [0.3, 0.4) is 0 Å². The molecule has 0 amide bonds. The number of aromatic amines is 1. The fraction of sp³-hybridized carbons (Fsp3) is 0. The standard InChI is InChI=1S/C7H6FNO/c1-2-5-3-6(10)4-7(8)9-5/h2-4H,1H2,(H,9,10). The van der Waals surface area contributed by atoms with Crippen LogP contribution in [0.4, 0.5) is 4.39 Å². The third-order valence-corrected chi connectivity index (χ3v) is 1.05. The number of halogens is 1. The molecule has 1 aromatic heterocycles. The maximum Gasteiger partial charge on any atom is 0.195 e. The summed E-state index contributed by atoms with van der Waals surface area (Å²) in [7, 11) is 0. The minimum absolute atomic E-state index is 0.355. The summed E-state index contributed by atoms with van der Waals surface area (Å²) in [6, 6.07) is 2.16. The average Bonchev–Trinajstić information content (AvgIpc) is 1.85. The second-order valence-corrected chi connectivity index (χ2v) is 1.82. The molecular formula is C7H6FNO. The van der Waals surface area contributed by atoms with Gasteiger partial charge < -0.3 is 4.98 Å². The van der Waals surface area contributed by atoms with Crippen LogP contribution in [0.2, 0.25) is 0 Å². The van der Waals surface area contributed by atoms with Crippen molar-refractivity contribution in [3.8, 4) is 0 Å². The van der Waals surface area contributed by atoms with Gasteiger partial charge in [0.25, 0.3) is 0 Å². The van der Waals surface area contributed by atoms with Crippen molar-refractivity contribution >= 4 is 6.08 Å². The first-order valence-corrected chi connectivity index (χ1v) is 2.74. The van der Waals surface area contributed by atoms with Gasteiger partial charge in [0.15, 0.2) is 11.4 Å². The summed E-state index contributed by atoms with van der Waals surface area (Å²) < 4.78 is 12.3. The summed E-state index contributed by atoms with van der Waals surface area (Å²) in [5.41, 5.74) is 0.0381. The summed E-state index contributed by atoms with van der Waals surface area (Å²) in [6.45, 7) is 3.38. The first kappa shape index (κ1) is 6.74. The number of nitrogens with one attached hydrogen (secondary N) is 1. The molecule has 0 saturated heterocycles. The minimum atomic E-state index is -0.637. The van der Waals surface area contributed by atoms with Crippen molar-refractivity contribution in [2.75, 3.05) is 0 Å². The van der Waals surface area contributed by atoms with E-state index in [-0.39, 0.29) is 5.43 Å². The fourth-order valence-electron chi connectivity index (χ4n) is 0.640. The van der Waals surface area contributed by atoms with Gasteiger partial charge in [-0.3, -0.25) is 4.79 Å². The Labute approximate surface area is 57.0 Å². The van der Waals surface area contributed by atoms with Crippen LogP contribution < -0.4 is 5.43 Å². The molecule has 2 nitrogen and oxygen atoms in total. The lowest BCUT2D eigenvalue weighted by molar-refractivity contribution is 0.581. The largest absolute Gasteiger partial charge is 0.332 e. The molecule has 1 rings (SSSR count). The zero-order valence-electron chi connectivity index (χ0n) is 5.23. The molecule has 1 aromatic rings. The van der Waals surface area contributed by atoms with Gasteiger partial charge in [-0.15, -0.1) is 0 Å². The minimum Gasteiger partial charge on any atom is -0.332 e. The predicted octanol–water partition coefficient (Wildman–Crippen LogP) is 1.16. The molecule has 1 heterocycles. The maximum atomic E-state index is 12.3. The van der Waals surface area contributed by atoms with E-state index in [0.717, 1.165) is 6.07 Å². The molecule has 0 aliphatic rings. The molecule has 0 radical (unpaired) electrons. The summed E-state index contributed by atoms with van der Waals surface area (Å²) >= 11 is 0. The Bertz CT molecular complexity index is 303. The molecule has 0 unspecified atom stereocenters. The summed E-state index contributed by atoms with van der Waals surface area (Å²) in [5, 5.41) is 0. The zero-order chi connectivity index (χ0) is 7.56. The van der Waals surface area contributed by atoms with Crippen LogP contribution in [0.25, 0.3) is 6.08 Å². The van der Waals surface area contributed by atoms with E-state index in [1.807, 2.05) is 0 Å². The molecule has 0 aliphatic carbocycles. The number of hydrogen-bond acceptors (Lipinski definition) is 1. The Morgan fingerprint density at radius 2 is 2.30 bits per heavy atom. The summed E-state index contributed by atoms with van der Waals surface area (Å²) in [6.07, 6.45) is 1.38. The lowest BCUT2D eigenvalue weighted by Gasteiger charge is -1.91. The molecule has 10 heavy (non-hydrogen) atoms. The molecule has 3 heteroatoms. The first-order valence-electron chi connectivity index (χ1n) is 2.74. The highest BCUT2D eigenvalue weighted by molar-refractivity contribution is 5.40. The van der Waals surface area contributed by atoms with Crippen molar-refractivity contribution in [2.45, 2.75) is 0 Å². The smallest absolute Gasteiger partial charge is 0.195 e. The second-order valence-electron chi connectivity index (χ2n) is 1.82. The molecule has 0 spiro atoms. The van der Waals surface area contributed by atoms with E-state index in [9.17, 15) is 9.18 Å². The zero-order valence-corrected chi connectivity index (χ0v) is 5.23. The quantitative estimate of drug-likeness (QED) is 0.582. The maximum absolute atomic E-state index is 12.3. The molecule has 0 atom stereocenters. The molecule has 0 aromatic carbocycles. The normalized spacial score (nSPS) is 9.30. The topological polar surface area (TPSA) is 32.9 Å². The van der Waals surface area contributed by atoms with Crippen LogP contribution in [0.1, 0.15) is 5.69 Å². The van der Waals surface area contributed by atoms with Crippen LogP contribution in [-0.2, 0) is 0 Å². The van der Waals surface area contributed by atoms with Crippen molar-refractivity contribution in [1.29, 1.82) is 0 Å². The van der Waals surface area contributed by atoms with Crippen LogP contribution in [0.5, 0.6) is 0 Å². The summed E-state index contributed by atoms with van der Waals surface area (Å²) in [4.78, 5) is 12.9. The van der Waals surface area contributed by atoms with Gasteiger partial charge >= 0.3 is 0 Å². The molecule has 52 valence electrons. The Kier molecular flexibility index (Phi) is 1.67. The lowest BCUT2D eigenvalue weighted by atomic mass is 10.3. The molecule has 0 bridgehead atoms. The highest BCUT2D eigenvalue weighted by Gasteiger charge is 1.92. The number of hydrogen-bond donors (Lipinski definition) is 1. The Hall–Kier alpha value is -1.38. The van der Waals surface area contributed by atoms with E-state index in [1.54, 1.807) is 0 Å². The van der Waals surface area contributed by atoms with Crippen molar-refractivity contribution < 1.29 is 4.39 Å². The molecule has 0 fully saturated rings. The van der Waals surface area contributed by atoms with Crippen molar-refractivity contribution in [1.82, 2.24) is 4.98 Å². The van der Waals surface area contributed by atoms with Gasteiger partial charge in [0, 0.05) is 17.8 Å². The first-order chi connectivity index (χ1) is 4.72. The molecule has 0 saturated carbocycles. The number of H-pyrrole nitrogens is 1. The highest BCUT2D eigenvalue weighted by Crippen LogP contribution is 1.93.